The number of aliphatic hydroxyl groups excluding tert-OH is 3. The molecule has 0 amide bonds. The van der Waals surface area contributed by atoms with Crippen molar-refractivity contribution >= 4 is 33.4 Å². The van der Waals surface area contributed by atoms with Gasteiger partial charge in [0.1, 0.15) is 12.2 Å². The number of thioether (sulfide) groups is 2. The van der Waals surface area contributed by atoms with Gasteiger partial charge in [-0.1, -0.05) is 6.92 Å². The predicted octanol–water partition coefficient (Wildman–Crippen LogP) is 0.728. The number of hydrogen-bond acceptors (Lipinski definition) is 7. The van der Waals surface area contributed by atoms with E-state index in [-0.39, 0.29) is 15.2 Å². The average molecular weight is 350 g/mol. The zero-order valence-corrected chi connectivity index (χ0v) is 13.9. The van der Waals surface area contributed by atoms with Crippen LogP contribution in [0.5, 0.6) is 0 Å². The molecular formula is C13H18O5S3. The van der Waals surface area contributed by atoms with Crippen LogP contribution in [0, 0.1) is 0 Å². The number of hydrogen-bond donors (Lipinski definition) is 3. The topological polar surface area (TPSA) is 94.8 Å². The van der Waals surface area contributed by atoms with Crippen molar-refractivity contribution in [3.8, 4) is 0 Å². The van der Waals surface area contributed by atoms with Crippen molar-refractivity contribution in [2.75, 3.05) is 11.5 Å². The Morgan fingerprint density at radius 1 is 1.19 bits per heavy atom. The second kappa shape index (κ2) is 6.89. The lowest BCUT2D eigenvalue weighted by molar-refractivity contribution is -0.0474. The minimum Gasteiger partial charge on any atom is -0.389 e. The summed E-state index contributed by atoms with van der Waals surface area (Å²) in [5, 5.41) is 29.1. The van der Waals surface area contributed by atoms with Crippen molar-refractivity contribution in [2.24, 2.45) is 0 Å². The standard InChI is InChI=1S/C13H18O5S3/c1-2-21(17,18)9-5-3-8(4-6-9)20-13-12(16)11(15)10(14)7-19-13/h3-6,10-16H,2,7H2,1H3/t10-,11+,12-,13+/m1/s1. The van der Waals surface area contributed by atoms with E-state index in [1.54, 1.807) is 31.2 Å². The fourth-order valence-electron chi connectivity index (χ4n) is 1.91. The van der Waals surface area contributed by atoms with Crippen LogP contribution >= 0.6 is 23.5 Å². The summed E-state index contributed by atoms with van der Waals surface area (Å²) in [5.74, 6) is 0.416. The van der Waals surface area contributed by atoms with Gasteiger partial charge in [0.15, 0.2) is 9.84 Å². The lowest BCUT2D eigenvalue weighted by atomic mass is 10.1. The van der Waals surface area contributed by atoms with Crippen molar-refractivity contribution < 1.29 is 23.7 Å². The molecule has 1 aliphatic rings. The van der Waals surface area contributed by atoms with Gasteiger partial charge in [0, 0.05) is 10.6 Å². The third kappa shape index (κ3) is 3.94. The van der Waals surface area contributed by atoms with E-state index >= 15 is 0 Å². The first-order valence-electron chi connectivity index (χ1n) is 6.50. The highest BCUT2D eigenvalue weighted by Gasteiger charge is 2.37. The van der Waals surface area contributed by atoms with E-state index in [9.17, 15) is 23.7 Å². The molecule has 4 atom stereocenters. The summed E-state index contributed by atoms with van der Waals surface area (Å²) in [6.07, 6.45) is -3.09. The van der Waals surface area contributed by atoms with Gasteiger partial charge in [-0.2, -0.15) is 0 Å². The van der Waals surface area contributed by atoms with E-state index < -0.39 is 28.1 Å². The van der Waals surface area contributed by atoms with Crippen molar-refractivity contribution in [3.63, 3.8) is 0 Å². The molecule has 0 aliphatic carbocycles. The van der Waals surface area contributed by atoms with Gasteiger partial charge in [-0.25, -0.2) is 8.42 Å². The molecule has 118 valence electrons. The van der Waals surface area contributed by atoms with Crippen LogP contribution in [-0.2, 0) is 9.84 Å². The van der Waals surface area contributed by atoms with E-state index in [0.717, 1.165) is 4.90 Å². The molecule has 21 heavy (non-hydrogen) atoms. The van der Waals surface area contributed by atoms with Gasteiger partial charge in [-0.3, -0.25) is 0 Å². The minimum atomic E-state index is -3.21. The molecule has 1 heterocycles. The molecule has 1 saturated heterocycles. The Morgan fingerprint density at radius 2 is 1.81 bits per heavy atom. The molecule has 0 spiro atoms. The zero-order valence-electron chi connectivity index (χ0n) is 11.4. The Kier molecular flexibility index (Phi) is 5.61. The highest BCUT2D eigenvalue weighted by molar-refractivity contribution is 8.17. The first-order valence-corrected chi connectivity index (χ1v) is 10.1. The summed E-state index contributed by atoms with van der Waals surface area (Å²) in [6, 6.07) is 6.48. The molecule has 1 aliphatic heterocycles. The minimum absolute atomic E-state index is 0.0563. The summed E-state index contributed by atoms with van der Waals surface area (Å²) in [5.41, 5.74) is 0. The van der Waals surface area contributed by atoms with Gasteiger partial charge in [0.05, 0.1) is 21.3 Å². The lowest BCUT2D eigenvalue weighted by Crippen LogP contribution is -2.47. The van der Waals surface area contributed by atoms with Crippen molar-refractivity contribution in [1.82, 2.24) is 0 Å². The van der Waals surface area contributed by atoms with Gasteiger partial charge < -0.3 is 15.3 Å². The summed E-state index contributed by atoms with van der Waals surface area (Å²) in [4.78, 5) is 1.09. The predicted molar refractivity (Wildman–Crippen MR) is 84.3 cm³/mol. The second-order valence-corrected chi connectivity index (χ2v) is 9.71. The molecule has 3 N–H and O–H groups in total. The summed E-state index contributed by atoms with van der Waals surface area (Å²) >= 11 is 2.73. The van der Waals surface area contributed by atoms with Gasteiger partial charge in [0.25, 0.3) is 0 Å². The monoisotopic (exact) mass is 350 g/mol. The molecule has 0 saturated carbocycles. The van der Waals surface area contributed by atoms with E-state index in [2.05, 4.69) is 0 Å². The fourth-order valence-corrected chi connectivity index (χ4v) is 5.44. The van der Waals surface area contributed by atoms with Crippen LogP contribution in [0.15, 0.2) is 34.1 Å². The van der Waals surface area contributed by atoms with Gasteiger partial charge in [0.2, 0.25) is 0 Å². The van der Waals surface area contributed by atoms with Crippen LogP contribution < -0.4 is 0 Å². The first kappa shape index (κ1) is 17.1. The van der Waals surface area contributed by atoms with E-state index in [1.807, 2.05) is 0 Å². The Morgan fingerprint density at radius 3 is 2.38 bits per heavy atom. The molecular weight excluding hydrogens is 332 g/mol. The molecule has 0 aromatic heterocycles. The molecule has 1 aromatic carbocycles. The Labute approximate surface area is 132 Å². The number of sulfone groups is 1. The van der Waals surface area contributed by atoms with Gasteiger partial charge >= 0.3 is 0 Å². The second-order valence-electron chi connectivity index (χ2n) is 4.74. The summed E-state index contributed by atoms with van der Waals surface area (Å²) in [7, 11) is -3.21. The Bertz CT molecular complexity index is 572. The zero-order chi connectivity index (χ0) is 15.6. The SMILES string of the molecule is CCS(=O)(=O)c1ccc(S[C@@H]2SC[C@@H](O)[C@H](O)[C@H]2O)cc1. The van der Waals surface area contributed by atoms with E-state index in [0.29, 0.717) is 5.75 Å². The molecule has 5 nitrogen and oxygen atoms in total. The van der Waals surface area contributed by atoms with E-state index in [4.69, 9.17) is 0 Å². The Hall–Kier alpha value is -0.250. The van der Waals surface area contributed by atoms with Gasteiger partial charge in [-0.15, -0.1) is 23.5 Å². The maximum Gasteiger partial charge on any atom is 0.178 e. The highest BCUT2D eigenvalue weighted by atomic mass is 32.2. The molecule has 2 rings (SSSR count). The maximum atomic E-state index is 11.7. The van der Waals surface area contributed by atoms with Crippen LogP contribution in [0.25, 0.3) is 0 Å². The number of benzene rings is 1. The maximum absolute atomic E-state index is 11.7. The molecule has 0 bridgehead atoms. The quantitative estimate of drug-likeness (QED) is 0.737. The molecule has 0 unspecified atom stereocenters. The van der Waals surface area contributed by atoms with Crippen LogP contribution in [0.3, 0.4) is 0 Å². The van der Waals surface area contributed by atoms with Crippen LogP contribution in [-0.4, -0.2) is 58.1 Å². The largest absolute Gasteiger partial charge is 0.389 e. The van der Waals surface area contributed by atoms with Crippen LogP contribution in [0.1, 0.15) is 6.92 Å². The Balaban J connectivity index is 2.07. The molecule has 1 fully saturated rings. The number of rotatable bonds is 4. The fraction of sp³-hybridized carbons (Fsp3) is 0.538. The van der Waals surface area contributed by atoms with Crippen LogP contribution in [0.2, 0.25) is 0 Å². The summed E-state index contributed by atoms with van der Waals surface area (Å²) in [6.45, 7) is 1.60. The van der Waals surface area contributed by atoms with E-state index in [1.165, 1.54) is 23.5 Å². The van der Waals surface area contributed by atoms with Gasteiger partial charge in [-0.05, 0) is 24.3 Å². The smallest absolute Gasteiger partial charge is 0.178 e. The first-order chi connectivity index (χ1) is 9.85. The van der Waals surface area contributed by atoms with Crippen LogP contribution in [0.4, 0.5) is 0 Å². The average Bonchev–Trinajstić information content (AvgIpc) is 2.48. The lowest BCUT2D eigenvalue weighted by Gasteiger charge is -2.34. The summed E-state index contributed by atoms with van der Waals surface area (Å²) < 4.78 is 23.1. The molecule has 0 radical (unpaired) electrons. The third-order valence-electron chi connectivity index (χ3n) is 3.27. The normalized spacial score (nSPS) is 30.3. The van der Waals surface area contributed by atoms with Crippen molar-refractivity contribution in [1.29, 1.82) is 0 Å². The third-order valence-corrected chi connectivity index (χ3v) is 7.91. The van der Waals surface area contributed by atoms with Crippen molar-refractivity contribution in [3.05, 3.63) is 24.3 Å². The molecule has 1 aromatic rings. The molecule has 8 heteroatoms. The number of aliphatic hydroxyl groups is 3. The highest BCUT2D eigenvalue weighted by Crippen LogP contribution is 2.38. The van der Waals surface area contributed by atoms with Crippen molar-refractivity contribution in [2.45, 2.75) is 39.6 Å².